The Hall–Kier alpha value is -1.18. The van der Waals surface area contributed by atoms with Crippen molar-refractivity contribution in [2.24, 2.45) is 0 Å². The first kappa shape index (κ1) is 17.9. The van der Waals surface area contributed by atoms with Crippen molar-refractivity contribution in [2.75, 3.05) is 27.2 Å². The Kier molecular flexibility index (Phi) is 5.72. The minimum Gasteiger partial charge on any atom is -0.388 e. The summed E-state index contributed by atoms with van der Waals surface area (Å²) in [5.41, 5.74) is -1.86. The van der Waals surface area contributed by atoms with Crippen LogP contribution in [0.1, 0.15) is 18.1 Å². The van der Waals surface area contributed by atoms with Gasteiger partial charge < -0.3 is 15.3 Å². The summed E-state index contributed by atoms with van der Waals surface area (Å²) in [6.07, 6.45) is -4.58. The Morgan fingerprint density at radius 1 is 1.19 bits per heavy atom. The first-order valence-electron chi connectivity index (χ1n) is 6.44. The van der Waals surface area contributed by atoms with Crippen LogP contribution in [0.2, 0.25) is 0 Å². The molecule has 0 aliphatic rings. The molecule has 1 rings (SSSR count). The largest absolute Gasteiger partial charge is 0.416 e. The summed E-state index contributed by atoms with van der Waals surface area (Å²) in [4.78, 5) is 1.80. The topological polar surface area (TPSA) is 35.5 Å². The molecule has 0 aliphatic carbocycles. The molecule has 0 saturated heterocycles. The van der Waals surface area contributed by atoms with Crippen LogP contribution < -0.4 is 5.32 Å². The highest BCUT2D eigenvalue weighted by Gasteiger charge is 2.31. The molecule has 0 aliphatic heterocycles. The molecular weight excluding hydrogens is 288 g/mol. The summed E-state index contributed by atoms with van der Waals surface area (Å²) in [5, 5.41) is 12.9. The number of nitrogens with one attached hydrogen (secondary N) is 1. The van der Waals surface area contributed by atoms with E-state index in [0.29, 0.717) is 12.6 Å². The van der Waals surface area contributed by atoms with Crippen molar-refractivity contribution in [3.63, 3.8) is 0 Å². The minimum atomic E-state index is -4.58. The van der Waals surface area contributed by atoms with Crippen LogP contribution in [0.3, 0.4) is 0 Å². The zero-order chi connectivity index (χ0) is 16.3. The molecule has 1 aromatic carbocycles. The molecule has 1 aromatic rings. The molecular formula is C14H20F4N2O. The molecule has 0 saturated carbocycles. The number of hydrogen-bond donors (Lipinski definition) is 2. The van der Waals surface area contributed by atoms with E-state index in [1.807, 2.05) is 0 Å². The first-order valence-corrected chi connectivity index (χ1v) is 6.44. The van der Waals surface area contributed by atoms with Crippen molar-refractivity contribution in [1.82, 2.24) is 10.2 Å². The van der Waals surface area contributed by atoms with Gasteiger partial charge in [-0.1, -0.05) is 0 Å². The molecule has 2 N–H and O–H groups in total. The van der Waals surface area contributed by atoms with Crippen LogP contribution >= 0.6 is 0 Å². The predicted molar refractivity (Wildman–Crippen MR) is 72.3 cm³/mol. The van der Waals surface area contributed by atoms with E-state index in [9.17, 15) is 22.7 Å². The van der Waals surface area contributed by atoms with Gasteiger partial charge in [-0.25, -0.2) is 4.39 Å². The minimum absolute atomic E-state index is 0.0461. The zero-order valence-corrected chi connectivity index (χ0v) is 12.3. The van der Waals surface area contributed by atoms with Gasteiger partial charge in [-0.2, -0.15) is 13.2 Å². The van der Waals surface area contributed by atoms with E-state index in [0.717, 1.165) is 12.1 Å². The lowest BCUT2D eigenvalue weighted by Crippen LogP contribution is -2.45. The van der Waals surface area contributed by atoms with Crippen LogP contribution in [-0.4, -0.2) is 42.8 Å². The molecule has 0 fully saturated rings. The maximum absolute atomic E-state index is 13.2. The standard InChI is InChI=1S/C14H20F4N2O/c1-13(21,9-20(2)3)8-19-7-10-4-11(14(16,17)18)6-12(15)5-10/h4-6,19,21H,7-9H2,1-3H3. The first-order chi connectivity index (χ1) is 9.49. The van der Waals surface area contributed by atoms with Crippen LogP contribution in [0.5, 0.6) is 0 Å². The van der Waals surface area contributed by atoms with E-state index in [4.69, 9.17) is 0 Å². The van der Waals surface area contributed by atoms with Gasteiger partial charge in [0.25, 0.3) is 0 Å². The predicted octanol–water partition coefficient (Wildman–Crippen LogP) is 2.25. The highest BCUT2D eigenvalue weighted by Crippen LogP contribution is 2.30. The number of rotatable bonds is 6. The van der Waals surface area contributed by atoms with E-state index in [2.05, 4.69) is 5.32 Å². The summed E-state index contributed by atoms with van der Waals surface area (Å²) < 4.78 is 50.9. The van der Waals surface area contributed by atoms with Crippen molar-refractivity contribution in [2.45, 2.75) is 25.2 Å². The van der Waals surface area contributed by atoms with Gasteiger partial charge in [0.2, 0.25) is 0 Å². The smallest absolute Gasteiger partial charge is 0.388 e. The molecule has 0 aromatic heterocycles. The average molecular weight is 308 g/mol. The summed E-state index contributed by atoms with van der Waals surface area (Å²) in [6.45, 7) is 2.25. The molecule has 120 valence electrons. The molecule has 1 atom stereocenters. The van der Waals surface area contributed by atoms with Gasteiger partial charge in [-0.05, 0) is 44.8 Å². The number of aliphatic hydroxyl groups is 1. The van der Waals surface area contributed by atoms with Gasteiger partial charge in [-0.15, -0.1) is 0 Å². The van der Waals surface area contributed by atoms with E-state index in [1.54, 1.807) is 25.9 Å². The number of nitrogens with zero attached hydrogens (tertiary/aromatic N) is 1. The van der Waals surface area contributed by atoms with Gasteiger partial charge in [0.15, 0.2) is 0 Å². The molecule has 1 unspecified atom stereocenters. The van der Waals surface area contributed by atoms with Crippen molar-refractivity contribution in [1.29, 1.82) is 0 Å². The summed E-state index contributed by atoms with van der Waals surface area (Å²) in [6, 6.07) is 2.41. The van der Waals surface area contributed by atoms with Gasteiger partial charge in [-0.3, -0.25) is 0 Å². The second kappa shape index (κ2) is 6.72. The quantitative estimate of drug-likeness (QED) is 0.791. The maximum atomic E-state index is 13.2. The Morgan fingerprint density at radius 2 is 1.81 bits per heavy atom. The summed E-state index contributed by atoms with van der Waals surface area (Å²) in [5.74, 6) is -0.929. The molecule has 0 bridgehead atoms. The molecule has 0 heterocycles. The lowest BCUT2D eigenvalue weighted by atomic mass is 10.1. The van der Waals surface area contributed by atoms with Crippen molar-refractivity contribution < 1.29 is 22.7 Å². The van der Waals surface area contributed by atoms with Crippen LogP contribution in [-0.2, 0) is 12.7 Å². The van der Waals surface area contributed by atoms with Gasteiger partial charge >= 0.3 is 6.18 Å². The third-order valence-corrected chi connectivity index (χ3v) is 2.78. The van der Waals surface area contributed by atoms with Crippen LogP contribution in [0.15, 0.2) is 18.2 Å². The summed E-state index contributed by atoms with van der Waals surface area (Å²) in [7, 11) is 3.60. The normalized spacial score (nSPS) is 15.3. The number of benzene rings is 1. The van der Waals surface area contributed by atoms with Gasteiger partial charge in [0.1, 0.15) is 5.82 Å². The number of alkyl halides is 3. The van der Waals surface area contributed by atoms with Crippen molar-refractivity contribution >= 4 is 0 Å². The van der Waals surface area contributed by atoms with Crippen LogP contribution in [0.25, 0.3) is 0 Å². The lowest BCUT2D eigenvalue weighted by molar-refractivity contribution is -0.137. The highest BCUT2D eigenvalue weighted by atomic mass is 19.4. The Balaban J connectivity index is 2.66. The molecule has 0 spiro atoms. The molecule has 21 heavy (non-hydrogen) atoms. The van der Waals surface area contributed by atoms with E-state index in [-0.39, 0.29) is 18.7 Å². The Morgan fingerprint density at radius 3 is 2.33 bits per heavy atom. The fourth-order valence-electron chi connectivity index (χ4n) is 2.13. The van der Waals surface area contributed by atoms with Crippen LogP contribution in [0, 0.1) is 5.82 Å². The fourth-order valence-corrected chi connectivity index (χ4v) is 2.13. The van der Waals surface area contributed by atoms with Gasteiger partial charge in [0, 0.05) is 19.6 Å². The fraction of sp³-hybridized carbons (Fsp3) is 0.571. The lowest BCUT2D eigenvalue weighted by Gasteiger charge is -2.27. The average Bonchev–Trinajstić information content (AvgIpc) is 2.24. The van der Waals surface area contributed by atoms with E-state index < -0.39 is 23.2 Å². The maximum Gasteiger partial charge on any atom is 0.416 e. The van der Waals surface area contributed by atoms with Gasteiger partial charge in [0.05, 0.1) is 11.2 Å². The molecule has 7 heteroatoms. The molecule has 0 amide bonds. The van der Waals surface area contributed by atoms with Crippen LogP contribution in [0.4, 0.5) is 17.6 Å². The van der Waals surface area contributed by atoms with Crippen molar-refractivity contribution in [3.05, 3.63) is 35.1 Å². The zero-order valence-electron chi connectivity index (χ0n) is 12.3. The molecule has 0 radical (unpaired) electrons. The Bertz CT molecular complexity index is 473. The van der Waals surface area contributed by atoms with E-state index >= 15 is 0 Å². The third kappa shape index (κ3) is 6.41. The summed E-state index contributed by atoms with van der Waals surface area (Å²) >= 11 is 0. The van der Waals surface area contributed by atoms with E-state index in [1.165, 1.54) is 0 Å². The second-order valence-electron chi connectivity index (χ2n) is 5.68. The second-order valence-corrected chi connectivity index (χ2v) is 5.68. The van der Waals surface area contributed by atoms with Crippen molar-refractivity contribution in [3.8, 4) is 0 Å². The monoisotopic (exact) mass is 308 g/mol. The number of halogens is 4. The third-order valence-electron chi connectivity index (χ3n) is 2.78. The number of likely N-dealkylation sites (N-methyl/N-ethyl adjacent to an activating group) is 1. The Labute approximate surface area is 121 Å². The molecule has 3 nitrogen and oxygen atoms in total. The SMILES string of the molecule is CN(C)CC(C)(O)CNCc1cc(F)cc(C(F)(F)F)c1. The number of hydrogen-bond acceptors (Lipinski definition) is 3. The highest BCUT2D eigenvalue weighted by molar-refractivity contribution is 5.26.